The van der Waals surface area contributed by atoms with E-state index in [-0.39, 0.29) is 54.1 Å². The summed E-state index contributed by atoms with van der Waals surface area (Å²) in [5.41, 5.74) is 5.93. The Balaban J connectivity index is 1.55. The number of hydrogen-bond acceptors (Lipinski definition) is 5. The molecule has 30 heavy (non-hydrogen) atoms. The molecule has 2 aromatic carbocycles. The first-order valence-corrected chi connectivity index (χ1v) is 10.9. The van der Waals surface area contributed by atoms with Crippen LogP contribution in [0.25, 0.3) is 0 Å². The molecular formula is C19H20ClFN4O4S. The van der Waals surface area contributed by atoms with Gasteiger partial charge in [-0.25, -0.2) is 12.8 Å². The summed E-state index contributed by atoms with van der Waals surface area (Å²) < 4.78 is 39.9. The number of rotatable bonds is 6. The fraction of sp³-hybridized carbons (Fsp3) is 0.263. The first-order chi connectivity index (χ1) is 14.2. The number of carbonyl (C=O) groups excluding carboxylic acids is 2. The van der Waals surface area contributed by atoms with E-state index in [1.165, 1.54) is 34.6 Å². The van der Waals surface area contributed by atoms with Gasteiger partial charge in [-0.05, 0) is 36.4 Å². The summed E-state index contributed by atoms with van der Waals surface area (Å²) >= 11 is 5.99. The summed E-state index contributed by atoms with van der Waals surface area (Å²) in [5.74, 6) is -1.48. The zero-order chi connectivity index (χ0) is 21.9. The molecule has 160 valence electrons. The second kappa shape index (κ2) is 8.99. The number of benzene rings is 2. The molecule has 3 rings (SSSR count). The van der Waals surface area contributed by atoms with Crippen LogP contribution in [0.4, 0.5) is 10.1 Å². The van der Waals surface area contributed by atoms with Crippen LogP contribution in [0, 0.1) is 5.82 Å². The third-order valence-electron chi connectivity index (χ3n) is 4.70. The number of sulfonamides is 1. The quantitative estimate of drug-likeness (QED) is 0.687. The zero-order valence-electron chi connectivity index (χ0n) is 15.8. The maximum absolute atomic E-state index is 13.4. The smallest absolute Gasteiger partial charge is 0.250 e. The van der Waals surface area contributed by atoms with Crippen molar-refractivity contribution in [3.05, 3.63) is 58.9 Å². The number of nitrogens with zero attached hydrogens (tertiary/aromatic N) is 2. The molecule has 0 atom stereocenters. The first-order valence-electron chi connectivity index (χ1n) is 9.05. The van der Waals surface area contributed by atoms with Crippen molar-refractivity contribution < 1.29 is 22.4 Å². The molecule has 1 aliphatic rings. The highest BCUT2D eigenvalue weighted by atomic mass is 35.5. The van der Waals surface area contributed by atoms with Crippen molar-refractivity contribution in [1.29, 1.82) is 0 Å². The van der Waals surface area contributed by atoms with Gasteiger partial charge in [0.1, 0.15) is 5.82 Å². The second-order valence-electron chi connectivity index (χ2n) is 6.65. The molecule has 0 radical (unpaired) electrons. The van der Waals surface area contributed by atoms with Crippen molar-refractivity contribution in [3.63, 3.8) is 0 Å². The van der Waals surface area contributed by atoms with Gasteiger partial charge in [-0.2, -0.15) is 4.31 Å². The van der Waals surface area contributed by atoms with E-state index in [4.69, 9.17) is 17.3 Å². The molecule has 1 heterocycles. The predicted molar refractivity (Wildman–Crippen MR) is 110 cm³/mol. The maximum atomic E-state index is 13.4. The van der Waals surface area contributed by atoms with Gasteiger partial charge in [0, 0.05) is 31.9 Å². The van der Waals surface area contributed by atoms with E-state index >= 15 is 0 Å². The van der Waals surface area contributed by atoms with E-state index in [1.54, 1.807) is 11.0 Å². The Morgan fingerprint density at radius 3 is 2.40 bits per heavy atom. The molecule has 0 aliphatic carbocycles. The molecule has 0 spiro atoms. The summed E-state index contributed by atoms with van der Waals surface area (Å²) in [7, 11) is -3.82. The third-order valence-corrected chi connectivity index (χ3v) is 6.91. The number of piperazine rings is 1. The van der Waals surface area contributed by atoms with Gasteiger partial charge in [-0.3, -0.25) is 9.59 Å². The van der Waals surface area contributed by atoms with Crippen LogP contribution in [0.3, 0.4) is 0 Å². The predicted octanol–water partition coefficient (Wildman–Crippen LogP) is 1.52. The van der Waals surface area contributed by atoms with E-state index in [1.807, 2.05) is 0 Å². The summed E-state index contributed by atoms with van der Waals surface area (Å²) in [6, 6.07) is 9.39. The van der Waals surface area contributed by atoms with Gasteiger partial charge in [0.05, 0.1) is 22.0 Å². The third kappa shape index (κ3) is 4.89. The lowest BCUT2D eigenvalue weighted by Gasteiger charge is -2.34. The van der Waals surface area contributed by atoms with Crippen molar-refractivity contribution >= 4 is 39.1 Å². The Bertz CT molecular complexity index is 1070. The zero-order valence-corrected chi connectivity index (χ0v) is 17.4. The van der Waals surface area contributed by atoms with Crippen molar-refractivity contribution in [2.75, 3.05) is 38.0 Å². The van der Waals surface area contributed by atoms with E-state index in [0.29, 0.717) is 5.69 Å². The Labute approximate surface area is 178 Å². The fourth-order valence-corrected chi connectivity index (χ4v) is 4.80. The standard InChI is InChI=1S/C19H20ClFN4O4S/c20-17-11-14(4-5-16(17)19(22)27)23-12-18(26)24-6-8-25(9-7-24)30(28,29)15-3-1-2-13(21)10-15/h1-5,10-11,23H,6-9,12H2,(H2,22,27). The molecule has 8 nitrogen and oxygen atoms in total. The number of nitrogens with one attached hydrogen (secondary N) is 1. The SMILES string of the molecule is NC(=O)c1ccc(NCC(=O)N2CCN(S(=O)(=O)c3cccc(F)c3)CC2)cc1Cl. The number of hydrogen-bond donors (Lipinski definition) is 2. The molecule has 2 amide bonds. The molecule has 1 fully saturated rings. The van der Waals surface area contributed by atoms with Crippen molar-refractivity contribution in [1.82, 2.24) is 9.21 Å². The van der Waals surface area contributed by atoms with Crippen molar-refractivity contribution in [3.8, 4) is 0 Å². The molecule has 3 N–H and O–H groups in total. The molecule has 1 saturated heterocycles. The summed E-state index contributed by atoms with van der Waals surface area (Å²) in [4.78, 5) is 25.1. The van der Waals surface area contributed by atoms with Gasteiger partial charge in [-0.1, -0.05) is 17.7 Å². The molecule has 0 saturated carbocycles. The first kappa shape index (κ1) is 22.0. The lowest BCUT2D eigenvalue weighted by molar-refractivity contribution is -0.130. The van der Waals surface area contributed by atoms with E-state index < -0.39 is 21.7 Å². The number of amides is 2. The van der Waals surface area contributed by atoms with Crippen LogP contribution in [0.1, 0.15) is 10.4 Å². The molecular weight excluding hydrogens is 435 g/mol. The Morgan fingerprint density at radius 2 is 1.80 bits per heavy atom. The van der Waals surface area contributed by atoms with Gasteiger partial charge in [0.15, 0.2) is 0 Å². The summed E-state index contributed by atoms with van der Waals surface area (Å²) in [6.45, 7) is 0.642. The van der Waals surface area contributed by atoms with E-state index in [9.17, 15) is 22.4 Å². The summed E-state index contributed by atoms with van der Waals surface area (Å²) in [6.07, 6.45) is 0. The van der Waals surface area contributed by atoms with Gasteiger partial charge < -0.3 is 16.0 Å². The van der Waals surface area contributed by atoms with Crippen molar-refractivity contribution in [2.45, 2.75) is 4.90 Å². The highest BCUT2D eigenvalue weighted by Gasteiger charge is 2.30. The van der Waals surface area contributed by atoms with Gasteiger partial charge >= 0.3 is 0 Å². The maximum Gasteiger partial charge on any atom is 0.250 e. The minimum Gasteiger partial charge on any atom is -0.376 e. The Hall–Kier alpha value is -2.69. The van der Waals surface area contributed by atoms with Crippen LogP contribution < -0.4 is 11.1 Å². The Kier molecular flexibility index (Phi) is 6.59. The van der Waals surface area contributed by atoms with Crippen LogP contribution in [-0.4, -0.2) is 62.2 Å². The van der Waals surface area contributed by atoms with Crippen LogP contribution in [0.2, 0.25) is 5.02 Å². The molecule has 2 aromatic rings. The van der Waals surface area contributed by atoms with Crippen LogP contribution in [-0.2, 0) is 14.8 Å². The number of nitrogens with two attached hydrogens (primary N) is 1. The lowest BCUT2D eigenvalue weighted by Crippen LogP contribution is -2.51. The van der Waals surface area contributed by atoms with Crippen LogP contribution in [0.5, 0.6) is 0 Å². The number of carbonyl (C=O) groups is 2. The van der Waals surface area contributed by atoms with Crippen LogP contribution in [0.15, 0.2) is 47.4 Å². The molecule has 0 aromatic heterocycles. The Morgan fingerprint density at radius 1 is 1.10 bits per heavy atom. The monoisotopic (exact) mass is 454 g/mol. The number of halogens is 2. The molecule has 0 bridgehead atoms. The van der Waals surface area contributed by atoms with Gasteiger partial charge in [0.2, 0.25) is 21.8 Å². The van der Waals surface area contributed by atoms with Crippen LogP contribution >= 0.6 is 11.6 Å². The topological polar surface area (TPSA) is 113 Å². The average Bonchev–Trinajstić information content (AvgIpc) is 2.72. The summed E-state index contributed by atoms with van der Waals surface area (Å²) in [5, 5.41) is 3.10. The normalized spacial score (nSPS) is 15.1. The molecule has 11 heteroatoms. The highest BCUT2D eigenvalue weighted by molar-refractivity contribution is 7.89. The van der Waals surface area contributed by atoms with Gasteiger partial charge in [0.25, 0.3) is 0 Å². The minimum atomic E-state index is -3.82. The van der Waals surface area contributed by atoms with E-state index in [2.05, 4.69) is 5.32 Å². The molecule has 1 aliphatic heterocycles. The largest absolute Gasteiger partial charge is 0.376 e. The lowest BCUT2D eigenvalue weighted by atomic mass is 10.2. The number of primary amides is 1. The average molecular weight is 455 g/mol. The van der Waals surface area contributed by atoms with Crippen molar-refractivity contribution in [2.24, 2.45) is 5.73 Å². The fourth-order valence-electron chi connectivity index (χ4n) is 3.07. The van der Waals surface area contributed by atoms with Gasteiger partial charge in [-0.15, -0.1) is 0 Å². The second-order valence-corrected chi connectivity index (χ2v) is 9.00. The highest BCUT2D eigenvalue weighted by Crippen LogP contribution is 2.21. The number of anilines is 1. The molecule has 0 unspecified atom stereocenters. The minimum absolute atomic E-state index is 0.0249. The van der Waals surface area contributed by atoms with E-state index in [0.717, 1.165) is 6.07 Å².